The summed E-state index contributed by atoms with van der Waals surface area (Å²) in [5.41, 5.74) is 1.90. The van der Waals surface area contributed by atoms with Crippen molar-refractivity contribution in [3.8, 4) is 0 Å². The van der Waals surface area contributed by atoms with Crippen LogP contribution in [0.3, 0.4) is 0 Å². The Hall–Kier alpha value is -0.0300. The smallest absolute Gasteiger partial charge is 0.224 e. The Labute approximate surface area is 129 Å². The molecular weight excluding hydrogens is 301 g/mol. The predicted octanol–water partition coefficient (Wildman–Crippen LogP) is 3.46. The van der Waals surface area contributed by atoms with Crippen LogP contribution in [0.5, 0.6) is 0 Å². The predicted molar refractivity (Wildman–Crippen MR) is 83.4 cm³/mol. The fourth-order valence-corrected chi connectivity index (χ4v) is 4.50. The zero-order valence-corrected chi connectivity index (χ0v) is 13.8. The highest BCUT2D eigenvalue weighted by Crippen LogP contribution is 2.25. The van der Waals surface area contributed by atoms with Gasteiger partial charge < -0.3 is 4.90 Å². The molecule has 1 aromatic heterocycles. The lowest BCUT2D eigenvalue weighted by Gasteiger charge is -2.34. The van der Waals surface area contributed by atoms with Crippen LogP contribution in [-0.2, 0) is 6.42 Å². The van der Waals surface area contributed by atoms with E-state index in [4.69, 9.17) is 23.2 Å². The normalized spacial score (nSPS) is 24.7. The third kappa shape index (κ3) is 4.22. The number of hydrogen-bond donors (Lipinski definition) is 0. The fourth-order valence-electron chi connectivity index (χ4n) is 2.55. The molecule has 2 unspecified atom stereocenters. The third-order valence-corrected chi connectivity index (χ3v) is 5.02. The molecule has 106 valence electrons. The number of aryl methyl sites for hydroxylation is 1. The summed E-state index contributed by atoms with van der Waals surface area (Å²) in [5, 5.41) is 2.11. The summed E-state index contributed by atoms with van der Waals surface area (Å²) in [6, 6.07) is 0. The molecule has 0 N–H and O–H groups in total. The number of halogens is 2. The summed E-state index contributed by atoms with van der Waals surface area (Å²) in [6.07, 6.45) is 0.881. The van der Waals surface area contributed by atoms with Gasteiger partial charge in [0.2, 0.25) is 5.28 Å². The number of hydrogen-bond acceptors (Lipinski definition) is 4. The van der Waals surface area contributed by atoms with Gasteiger partial charge in [0.15, 0.2) is 0 Å². The molecule has 2 rings (SSSR count). The lowest BCUT2D eigenvalue weighted by Crippen LogP contribution is -2.41. The maximum atomic E-state index is 6.15. The van der Waals surface area contributed by atoms with Crippen molar-refractivity contribution in [1.82, 2.24) is 14.9 Å². The second kappa shape index (κ2) is 6.61. The molecule has 0 aliphatic carbocycles. The average molecular weight is 320 g/mol. The average Bonchev–Trinajstić information content (AvgIpc) is 2.25. The molecule has 0 spiro atoms. The van der Waals surface area contributed by atoms with E-state index >= 15 is 0 Å². The van der Waals surface area contributed by atoms with E-state index in [2.05, 4.69) is 40.5 Å². The van der Waals surface area contributed by atoms with Gasteiger partial charge in [0.05, 0.1) is 0 Å². The molecule has 3 nitrogen and oxygen atoms in total. The minimum Gasteiger partial charge on any atom is -0.301 e. The Morgan fingerprint density at radius 2 is 1.84 bits per heavy atom. The van der Waals surface area contributed by atoms with E-state index in [9.17, 15) is 0 Å². The van der Waals surface area contributed by atoms with E-state index in [-0.39, 0.29) is 5.28 Å². The van der Waals surface area contributed by atoms with E-state index in [1.54, 1.807) is 0 Å². The van der Waals surface area contributed by atoms with Crippen molar-refractivity contribution >= 4 is 35.0 Å². The van der Waals surface area contributed by atoms with Crippen LogP contribution < -0.4 is 0 Å². The Bertz CT molecular complexity index is 423. The molecule has 1 fully saturated rings. The molecule has 2 heterocycles. The summed E-state index contributed by atoms with van der Waals surface area (Å²) < 4.78 is 0. The summed E-state index contributed by atoms with van der Waals surface area (Å²) >= 11 is 14.0. The van der Waals surface area contributed by atoms with Gasteiger partial charge in [-0.2, -0.15) is 11.8 Å². The molecule has 2 atom stereocenters. The molecule has 0 aromatic carbocycles. The zero-order chi connectivity index (χ0) is 14.0. The van der Waals surface area contributed by atoms with Crippen molar-refractivity contribution in [2.75, 3.05) is 19.6 Å². The molecule has 19 heavy (non-hydrogen) atoms. The lowest BCUT2D eigenvalue weighted by atomic mass is 10.1. The Balaban J connectivity index is 1.99. The van der Waals surface area contributed by atoms with Gasteiger partial charge in [0.1, 0.15) is 5.15 Å². The first-order chi connectivity index (χ1) is 8.95. The van der Waals surface area contributed by atoms with Crippen LogP contribution in [0, 0.1) is 6.92 Å². The van der Waals surface area contributed by atoms with Crippen LogP contribution in [-0.4, -0.2) is 45.0 Å². The van der Waals surface area contributed by atoms with Gasteiger partial charge in [-0.3, -0.25) is 0 Å². The van der Waals surface area contributed by atoms with E-state index in [1.165, 1.54) is 0 Å². The van der Waals surface area contributed by atoms with Gasteiger partial charge in [-0.05, 0) is 24.9 Å². The molecule has 0 saturated carbocycles. The summed E-state index contributed by atoms with van der Waals surface area (Å²) in [4.78, 5) is 10.7. The van der Waals surface area contributed by atoms with Gasteiger partial charge in [-0.1, -0.05) is 25.4 Å². The zero-order valence-electron chi connectivity index (χ0n) is 11.5. The first kappa shape index (κ1) is 15.4. The fraction of sp³-hybridized carbons (Fsp3) is 0.692. The first-order valence-corrected chi connectivity index (χ1v) is 8.22. The van der Waals surface area contributed by atoms with Crippen molar-refractivity contribution in [3.63, 3.8) is 0 Å². The maximum absolute atomic E-state index is 6.15. The molecule has 1 aliphatic rings. The number of thioether (sulfide) groups is 1. The topological polar surface area (TPSA) is 29.0 Å². The molecule has 1 aromatic rings. The largest absolute Gasteiger partial charge is 0.301 e. The van der Waals surface area contributed by atoms with Crippen LogP contribution in [0.2, 0.25) is 10.4 Å². The molecule has 1 aliphatic heterocycles. The minimum absolute atomic E-state index is 0.225. The molecular formula is C13H19Cl2N3S. The molecule has 0 amide bonds. The van der Waals surface area contributed by atoms with Crippen molar-refractivity contribution < 1.29 is 0 Å². The van der Waals surface area contributed by atoms with Crippen LogP contribution >= 0.6 is 35.0 Å². The van der Waals surface area contributed by atoms with Crippen molar-refractivity contribution in [3.05, 3.63) is 21.7 Å². The van der Waals surface area contributed by atoms with Gasteiger partial charge in [-0.15, -0.1) is 0 Å². The highest BCUT2D eigenvalue weighted by Gasteiger charge is 2.22. The monoisotopic (exact) mass is 319 g/mol. The van der Waals surface area contributed by atoms with E-state index in [0.717, 1.165) is 37.3 Å². The van der Waals surface area contributed by atoms with Gasteiger partial charge >= 0.3 is 0 Å². The number of aromatic nitrogens is 2. The second-order valence-corrected chi connectivity index (χ2v) is 7.69. The highest BCUT2D eigenvalue weighted by atomic mass is 35.5. The summed E-state index contributed by atoms with van der Waals surface area (Å²) in [5.74, 6) is 0. The second-order valence-electron chi connectivity index (χ2n) is 5.11. The van der Waals surface area contributed by atoms with Gasteiger partial charge in [0.25, 0.3) is 0 Å². The van der Waals surface area contributed by atoms with Crippen LogP contribution in [0.4, 0.5) is 0 Å². The van der Waals surface area contributed by atoms with E-state index in [1.807, 2.05) is 6.92 Å². The summed E-state index contributed by atoms with van der Waals surface area (Å²) in [7, 11) is 0. The SMILES string of the molecule is Cc1nc(Cl)nc(Cl)c1CCN1CC(C)SC(C)C1. The quantitative estimate of drug-likeness (QED) is 0.630. The molecule has 0 bridgehead atoms. The Morgan fingerprint density at radius 1 is 1.21 bits per heavy atom. The third-order valence-electron chi connectivity index (χ3n) is 3.31. The van der Waals surface area contributed by atoms with Gasteiger partial charge in [-0.25, -0.2) is 9.97 Å². The van der Waals surface area contributed by atoms with Gasteiger partial charge in [0, 0.05) is 41.4 Å². The number of rotatable bonds is 3. The van der Waals surface area contributed by atoms with Crippen molar-refractivity contribution in [1.29, 1.82) is 0 Å². The first-order valence-electron chi connectivity index (χ1n) is 6.52. The van der Waals surface area contributed by atoms with Crippen LogP contribution in [0.1, 0.15) is 25.1 Å². The summed E-state index contributed by atoms with van der Waals surface area (Å²) in [6.45, 7) is 9.79. The van der Waals surface area contributed by atoms with Crippen molar-refractivity contribution in [2.45, 2.75) is 37.7 Å². The van der Waals surface area contributed by atoms with Crippen molar-refractivity contribution in [2.24, 2.45) is 0 Å². The Kier molecular flexibility index (Phi) is 5.35. The van der Waals surface area contributed by atoms with Crippen LogP contribution in [0.25, 0.3) is 0 Å². The maximum Gasteiger partial charge on any atom is 0.224 e. The molecule has 6 heteroatoms. The van der Waals surface area contributed by atoms with E-state index < -0.39 is 0 Å². The molecule has 0 radical (unpaired) electrons. The Morgan fingerprint density at radius 3 is 2.42 bits per heavy atom. The highest BCUT2D eigenvalue weighted by molar-refractivity contribution is 8.00. The molecule has 1 saturated heterocycles. The number of nitrogens with zero attached hydrogens (tertiary/aromatic N) is 3. The van der Waals surface area contributed by atoms with E-state index in [0.29, 0.717) is 15.7 Å². The standard InChI is InChI=1S/C13H19Cl2N3S/c1-8-6-18(7-9(2)19-8)5-4-11-10(3)16-13(15)17-12(11)14/h8-9H,4-7H2,1-3H3. The van der Waals surface area contributed by atoms with Crippen LogP contribution in [0.15, 0.2) is 0 Å². The minimum atomic E-state index is 0.225. The lowest BCUT2D eigenvalue weighted by molar-refractivity contribution is 0.274.